The van der Waals surface area contributed by atoms with Gasteiger partial charge in [0, 0.05) is 12.1 Å². The van der Waals surface area contributed by atoms with Crippen LogP contribution in [0.1, 0.15) is 0 Å². The summed E-state index contributed by atoms with van der Waals surface area (Å²) in [6, 6.07) is 0.716. The van der Waals surface area contributed by atoms with Gasteiger partial charge in [-0.2, -0.15) is 0 Å². The molecule has 0 spiro atoms. The van der Waals surface area contributed by atoms with Crippen LogP contribution < -0.4 is 18.9 Å². The van der Waals surface area contributed by atoms with Gasteiger partial charge in [0.15, 0.2) is 0 Å². The van der Waals surface area contributed by atoms with Crippen molar-refractivity contribution < 1.29 is 41.7 Å². The number of rotatable bonds is 3. The molecule has 0 atom stereocenters. The fourth-order valence-electron chi connectivity index (χ4n) is 1.01. The molecular weight excluding hydrogens is 287 g/mol. The van der Waals surface area contributed by atoms with E-state index in [1.807, 2.05) is 0 Å². The van der Waals surface area contributed by atoms with Gasteiger partial charge in [-0.05, 0) is 0 Å². The largest absolute Gasteiger partial charge is 1.00 e. The molecule has 9 nitrogen and oxygen atoms in total. The number of nitro benzene ring substituents is 2. The first-order chi connectivity index (χ1) is 7.64. The molecule has 0 unspecified atom stereocenters. The average Bonchev–Trinajstić information content (AvgIpc) is 2.14. The third-order valence-electron chi connectivity index (χ3n) is 1.69. The number of benzene rings is 1. The molecular formula is C6H2ClLiN2O7S. The van der Waals surface area contributed by atoms with Crippen molar-refractivity contribution in [3.63, 3.8) is 0 Å². The van der Waals surface area contributed by atoms with Crippen LogP contribution in [0.25, 0.3) is 0 Å². The first kappa shape index (κ1) is 16.8. The van der Waals surface area contributed by atoms with E-state index in [0.717, 1.165) is 0 Å². The fraction of sp³-hybridized carbons (Fsp3) is 0. The SMILES string of the molecule is O=[N+]([O-])c1cc(S(=O)(=O)[O-])c([N+](=O)[O-])cc1Cl.[Li+]. The van der Waals surface area contributed by atoms with Crippen LogP contribution in [-0.2, 0) is 10.1 Å². The molecule has 1 aromatic carbocycles. The summed E-state index contributed by atoms with van der Waals surface area (Å²) in [5.41, 5.74) is -2.00. The van der Waals surface area contributed by atoms with Gasteiger partial charge in [0.25, 0.3) is 11.4 Å². The molecule has 0 aliphatic carbocycles. The average molecular weight is 289 g/mol. The quantitative estimate of drug-likeness (QED) is 0.272. The minimum absolute atomic E-state index is 0. The van der Waals surface area contributed by atoms with Gasteiger partial charge in [-0.15, -0.1) is 0 Å². The molecule has 0 radical (unpaired) electrons. The Morgan fingerprint density at radius 2 is 1.50 bits per heavy atom. The second-order valence-corrected chi connectivity index (χ2v) is 4.49. The smallest absolute Gasteiger partial charge is 0.744 e. The minimum Gasteiger partial charge on any atom is -0.744 e. The maximum atomic E-state index is 10.7. The predicted molar refractivity (Wildman–Crippen MR) is 52.7 cm³/mol. The van der Waals surface area contributed by atoms with E-state index in [-0.39, 0.29) is 24.9 Å². The molecule has 1 aromatic rings. The van der Waals surface area contributed by atoms with Crippen LogP contribution in [0.15, 0.2) is 17.0 Å². The van der Waals surface area contributed by atoms with Crippen LogP contribution in [0.4, 0.5) is 11.4 Å². The van der Waals surface area contributed by atoms with Crippen LogP contribution in [-0.4, -0.2) is 22.8 Å². The van der Waals surface area contributed by atoms with Crippen molar-refractivity contribution in [1.29, 1.82) is 0 Å². The zero-order valence-corrected chi connectivity index (χ0v) is 10.3. The molecule has 0 heterocycles. The molecule has 0 fully saturated rings. The zero-order chi connectivity index (χ0) is 13.4. The van der Waals surface area contributed by atoms with Crippen molar-refractivity contribution in [3.8, 4) is 0 Å². The maximum Gasteiger partial charge on any atom is 1.00 e. The number of hydrogen-bond donors (Lipinski definition) is 0. The van der Waals surface area contributed by atoms with Crippen LogP contribution in [0.5, 0.6) is 0 Å². The monoisotopic (exact) mass is 288 g/mol. The Kier molecular flexibility index (Phi) is 5.27. The summed E-state index contributed by atoms with van der Waals surface area (Å²) >= 11 is 5.35. The van der Waals surface area contributed by atoms with E-state index < -0.39 is 41.3 Å². The van der Waals surface area contributed by atoms with Crippen molar-refractivity contribution in [2.45, 2.75) is 4.90 Å². The van der Waals surface area contributed by atoms with Gasteiger partial charge in [-0.25, -0.2) is 8.42 Å². The van der Waals surface area contributed by atoms with Gasteiger partial charge < -0.3 is 4.55 Å². The van der Waals surface area contributed by atoms with Crippen LogP contribution in [0.3, 0.4) is 0 Å². The number of nitrogens with zero attached hydrogens (tertiary/aromatic N) is 2. The van der Waals surface area contributed by atoms with Crippen molar-refractivity contribution in [2.24, 2.45) is 0 Å². The molecule has 0 N–H and O–H groups in total. The molecule has 0 saturated carbocycles. The standard InChI is InChI=1S/C6H3ClN2O7S.Li/c7-3-1-5(9(12)13)6(17(14,15)16)2-4(3)8(10)11;/h1-2H,(H,14,15,16);/q;+1/p-1. The Bertz CT molecular complexity index is 617. The van der Waals surface area contributed by atoms with Gasteiger partial charge in [0.1, 0.15) is 20.0 Å². The first-order valence-electron chi connectivity index (χ1n) is 3.73. The molecule has 1 rings (SSSR count). The summed E-state index contributed by atoms with van der Waals surface area (Å²) in [4.78, 5) is 17.4. The molecule has 0 aliphatic rings. The zero-order valence-electron chi connectivity index (χ0n) is 8.69. The Morgan fingerprint density at radius 3 is 1.83 bits per heavy atom. The van der Waals surface area contributed by atoms with Crippen LogP contribution in [0.2, 0.25) is 5.02 Å². The van der Waals surface area contributed by atoms with E-state index in [1.54, 1.807) is 0 Å². The molecule has 0 saturated heterocycles. The van der Waals surface area contributed by atoms with Crippen LogP contribution in [0, 0.1) is 20.2 Å². The van der Waals surface area contributed by atoms with E-state index in [0.29, 0.717) is 6.07 Å². The molecule has 92 valence electrons. The van der Waals surface area contributed by atoms with Crippen molar-refractivity contribution in [1.82, 2.24) is 0 Å². The third-order valence-corrected chi connectivity index (χ3v) is 2.86. The maximum absolute atomic E-state index is 10.7. The summed E-state index contributed by atoms with van der Waals surface area (Å²) < 4.78 is 32.2. The minimum atomic E-state index is -5.21. The third kappa shape index (κ3) is 3.41. The fourth-order valence-corrected chi connectivity index (χ4v) is 1.89. The van der Waals surface area contributed by atoms with Crippen molar-refractivity contribution >= 4 is 33.1 Å². The second-order valence-electron chi connectivity index (χ2n) is 2.74. The Morgan fingerprint density at radius 1 is 1.06 bits per heavy atom. The number of nitro groups is 2. The van der Waals surface area contributed by atoms with Crippen molar-refractivity contribution in [3.05, 3.63) is 37.4 Å². The van der Waals surface area contributed by atoms with Gasteiger partial charge >= 0.3 is 18.9 Å². The van der Waals surface area contributed by atoms with E-state index in [4.69, 9.17) is 11.6 Å². The molecule has 0 aromatic heterocycles. The summed E-state index contributed by atoms with van der Waals surface area (Å²) in [5.74, 6) is 0. The predicted octanol–water partition coefficient (Wildman–Crippen LogP) is -1.94. The summed E-state index contributed by atoms with van der Waals surface area (Å²) in [6.45, 7) is 0. The Labute approximate surface area is 117 Å². The summed E-state index contributed by atoms with van der Waals surface area (Å²) in [5, 5.41) is 20.3. The normalized spacial score (nSPS) is 10.6. The topological polar surface area (TPSA) is 143 Å². The van der Waals surface area contributed by atoms with Crippen molar-refractivity contribution in [2.75, 3.05) is 0 Å². The summed E-state index contributed by atoms with van der Waals surface area (Å²) in [6.07, 6.45) is 0. The van der Waals surface area contributed by atoms with E-state index in [2.05, 4.69) is 0 Å². The van der Waals surface area contributed by atoms with E-state index >= 15 is 0 Å². The Balaban J connectivity index is 0.00000289. The second kappa shape index (κ2) is 5.64. The van der Waals surface area contributed by atoms with Gasteiger partial charge in [0.05, 0.1) is 9.85 Å². The number of halogens is 1. The van der Waals surface area contributed by atoms with Gasteiger partial charge in [-0.3, -0.25) is 20.2 Å². The van der Waals surface area contributed by atoms with E-state index in [9.17, 15) is 33.2 Å². The number of hydrogen-bond acceptors (Lipinski definition) is 7. The van der Waals surface area contributed by atoms with Gasteiger partial charge in [-0.1, -0.05) is 11.6 Å². The van der Waals surface area contributed by atoms with Gasteiger partial charge in [0.2, 0.25) is 0 Å². The molecule has 18 heavy (non-hydrogen) atoms. The molecule has 0 bridgehead atoms. The van der Waals surface area contributed by atoms with E-state index in [1.165, 1.54) is 0 Å². The first-order valence-corrected chi connectivity index (χ1v) is 5.51. The Hall–Kier alpha value is -1.18. The molecule has 12 heteroatoms. The van der Waals surface area contributed by atoms with Crippen LogP contribution >= 0.6 is 11.6 Å². The summed E-state index contributed by atoms with van der Waals surface area (Å²) in [7, 11) is -5.21. The molecule has 0 amide bonds. The molecule has 0 aliphatic heterocycles.